The van der Waals surface area contributed by atoms with Crippen LogP contribution in [0.2, 0.25) is 5.02 Å². The van der Waals surface area contributed by atoms with Crippen LogP contribution in [0, 0.1) is 5.82 Å². The van der Waals surface area contributed by atoms with E-state index in [9.17, 15) is 9.18 Å². The Balaban J connectivity index is 1.79. The molecular formula is C15H11ClFN5O. The van der Waals surface area contributed by atoms with Crippen LogP contribution < -0.4 is 5.32 Å². The molecule has 1 aromatic heterocycles. The summed E-state index contributed by atoms with van der Waals surface area (Å²) in [4.78, 5) is 12.3. The molecule has 0 saturated heterocycles. The highest BCUT2D eigenvalue weighted by molar-refractivity contribution is 6.33. The van der Waals surface area contributed by atoms with Crippen LogP contribution in [0.4, 0.5) is 4.39 Å². The van der Waals surface area contributed by atoms with Crippen molar-refractivity contribution in [1.82, 2.24) is 25.5 Å². The lowest BCUT2D eigenvalue weighted by atomic mass is 10.1. The van der Waals surface area contributed by atoms with Gasteiger partial charge >= 0.3 is 0 Å². The third-order valence-electron chi connectivity index (χ3n) is 3.21. The SMILES string of the molecule is O=C(NCc1ccccc1F)c1cc(-n2cnnn2)ccc1Cl. The molecule has 0 saturated carbocycles. The number of halogens is 2. The third-order valence-corrected chi connectivity index (χ3v) is 3.53. The van der Waals surface area contributed by atoms with Crippen LogP contribution in [0.3, 0.4) is 0 Å². The molecule has 2 aromatic carbocycles. The highest BCUT2D eigenvalue weighted by Gasteiger charge is 2.13. The zero-order valence-electron chi connectivity index (χ0n) is 11.8. The Hall–Kier alpha value is -2.80. The Kier molecular flexibility index (Phi) is 4.29. The molecule has 0 radical (unpaired) electrons. The predicted octanol–water partition coefficient (Wildman–Crippen LogP) is 2.38. The van der Waals surface area contributed by atoms with E-state index >= 15 is 0 Å². The summed E-state index contributed by atoms with van der Waals surface area (Å²) < 4.78 is 15.0. The number of carbonyl (C=O) groups excluding carboxylic acids is 1. The second-order valence-corrected chi connectivity index (χ2v) is 5.10. The summed E-state index contributed by atoms with van der Waals surface area (Å²) >= 11 is 6.07. The highest BCUT2D eigenvalue weighted by atomic mass is 35.5. The molecule has 3 aromatic rings. The smallest absolute Gasteiger partial charge is 0.253 e. The van der Waals surface area contributed by atoms with Gasteiger partial charge in [0.15, 0.2) is 0 Å². The molecule has 0 bridgehead atoms. The van der Waals surface area contributed by atoms with Crippen molar-refractivity contribution in [2.45, 2.75) is 6.54 Å². The van der Waals surface area contributed by atoms with Crippen molar-refractivity contribution >= 4 is 17.5 Å². The zero-order chi connectivity index (χ0) is 16.2. The minimum Gasteiger partial charge on any atom is -0.348 e. The number of hydrogen-bond acceptors (Lipinski definition) is 4. The molecule has 116 valence electrons. The summed E-state index contributed by atoms with van der Waals surface area (Å²) in [5.41, 5.74) is 1.25. The summed E-state index contributed by atoms with van der Waals surface area (Å²) in [6.45, 7) is 0.0664. The molecule has 0 fully saturated rings. The fraction of sp³-hybridized carbons (Fsp3) is 0.0667. The van der Waals surface area contributed by atoms with Gasteiger partial charge in [0.1, 0.15) is 12.1 Å². The first-order valence-electron chi connectivity index (χ1n) is 6.69. The summed E-state index contributed by atoms with van der Waals surface area (Å²) in [5, 5.41) is 13.8. The van der Waals surface area contributed by atoms with Crippen LogP contribution in [0.1, 0.15) is 15.9 Å². The summed E-state index contributed by atoms with van der Waals surface area (Å²) in [5.74, 6) is -0.783. The zero-order valence-corrected chi connectivity index (χ0v) is 12.5. The summed E-state index contributed by atoms with van der Waals surface area (Å²) in [7, 11) is 0. The maximum Gasteiger partial charge on any atom is 0.253 e. The van der Waals surface area contributed by atoms with Crippen LogP contribution in [0.5, 0.6) is 0 Å². The van der Waals surface area contributed by atoms with Gasteiger partial charge in [-0.05, 0) is 34.7 Å². The molecular weight excluding hydrogens is 321 g/mol. The second-order valence-electron chi connectivity index (χ2n) is 4.69. The van der Waals surface area contributed by atoms with E-state index in [1.165, 1.54) is 17.1 Å². The average molecular weight is 332 g/mol. The fourth-order valence-electron chi connectivity index (χ4n) is 2.02. The molecule has 0 unspecified atom stereocenters. The first-order valence-corrected chi connectivity index (χ1v) is 7.07. The predicted molar refractivity (Wildman–Crippen MR) is 81.7 cm³/mol. The maximum absolute atomic E-state index is 13.6. The number of rotatable bonds is 4. The van der Waals surface area contributed by atoms with Crippen LogP contribution in [0.25, 0.3) is 5.69 Å². The molecule has 1 N–H and O–H groups in total. The summed E-state index contributed by atoms with van der Waals surface area (Å²) in [6, 6.07) is 11.1. The van der Waals surface area contributed by atoms with Gasteiger partial charge in [-0.2, -0.15) is 0 Å². The Morgan fingerprint density at radius 3 is 2.83 bits per heavy atom. The Labute approximate surface area is 135 Å². The second kappa shape index (κ2) is 6.53. The normalized spacial score (nSPS) is 10.5. The molecule has 0 aliphatic carbocycles. The lowest BCUT2D eigenvalue weighted by Gasteiger charge is -2.09. The van der Waals surface area contributed by atoms with Crippen molar-refractivity contribution in [3.8, 4) is 5.69 Å². The average Bonchev–Trinajstić information content (AvgIpc) is 3.09. The van der Waals surface area contributed by atoms with E-state index in [-0.39, 0.29) is 22.9 Å². The Bertz CT molecular complexity index is 838. The van der Waals surface area contributed by atoms with Gasteiger partial charge in [-0.3, -0.25) is 4.79 Å². The maximum atomic E-state index is 13.6. The van der Waals surface area contributed by atoms with Gasteiger partial charge in [0.05, 0.1) is 16.3 Å². The lowest BCUT2D eigenvalue weighted by Crippen LogP contribution is -2.23. The number of nitrogens with one attached hydrogen (secondary N) is 1. The van der Waals surface area contributed by atoms with Crippen molar-refractivity contribution in [1.29, 1.82) is 0 Å². The van der Waals surface area contributed by atoms with E-state index in [0.717, 1.165) is 0 Å². The fourth-order valence-corrected chi connectivity index (χ4v) is 2.23. The van der Waals surface area contributed by atoms with Crippen molar-refractivity contribution < 1.29 is 9.18 Å². The standard InChI is InChI=1S/C15H11ClFN5O/c16-13-6-5-11(22-9-19-20-21-22)7-12(13)15(23)18-8-10-3-1-2-4-14(10)17/h1-7,9H,8H2,(H,18,23). The van der Waals surface area contributed by atoms with E-state index in [1.807, 2.05) is 0 Å². The highest BCUT2D eigenvalue weighted by Crippen LogP contribution is 2.19. The van der Waals surface area contributed by atoms with Gasteiger partial charge in [0.25, 0.3) is 5.91 Å². The van der Waals surface area contributed by atoms with E-state index in [1.54, 1.807) is 36.4 Å². The van der Waals surface area contributed by atoms with E-state index < -0.39 is 5.91 Å². The molecule has 0 atom stereocenters. The van der Waals surface area contributed by atoms with E-state index in [4.69, 9.17) is 11.6 Å². The first-order chi connectivity index (χ1) is 11.1. The van der Waals surface area contributed by atoms with Gasteiger partial charge < -0.3 is 5.32 Å². The number of amides is 1. The lowest BCUT2D eigenvalue weighted by molar-refractivity contribution is 0.0950. The topological polar surface area (TPSA) is 72.7 Å². The van der Waals surface area contributed by atoms with Crippen molar-refractivity contribution in [3.63, 3.8) is 0 Å². The van der Waals surface area contributed by atoms with Crippen LogP contribution in [-0.2, 0) is 6.54 Å². The van der Waals surface area contributed by atoms with E-state index in [2.05, 4.69) is 20.8 Å². The molecule has 23 heavy (non-hydrogen) atoms. The van der Waals surface area contributed by atoms with Gasteiger partial charge in [0.2, 0.25) is 0 Å². The van der Waals surface area contributed by atoms with Crippen molar-refractivity contribution in [3.05, 3.63) is 70.8 Å². The molecule has 6 nitrogen and oxygen atoms in total. The van der Waals surface area contributed by atoms with Crippen LogP contribution in [-0.4, -0.2) is 26.1 Å². The molecule has 0 aliphatic rings. The minimum atomic E-state index is -0.409. The largest absolute Gasteiger partial charge is 0.348 e. The number of hydrogen-bond donors (Lipinski definition) is 1. The number of nitrogens with zero attached hydrogens (tertiary/aromatic N) is 4. The van der Waals surface area contributed by atoms with Gasteiger partial charge in [-0.1, -0.05) is 29.8 Å². The minimum absolute atomic E-state index is 0.0664. The monoisotopic (exact) mass is 331 g/mol. The Morgan fingerprint density at radius 2 is 2.09 bits per heavy atom. The first kappa shape index (κ1) is 15.1. The number of benzene rings is 2. The molecule has 8 heteroatoms. The number of tetrazole rings is 1. The Morgan fingerprint density at radius 1 is 1.26 bits per heavy atom. The quantitative estimate of drug-likeness (QED) is 0.796. The van der Waals surface area contributed by atoms with Gasteiger partial charge in [0, 0.05) is 12.1 Å². The van der Waals surface area contributed by atoms with Gasteiger partial charge in [-0.25, -0.2) is 9.07 Å². The molecule has 0 spiro atoms. The third kappa shape index (κ3) is 3.35. The van der Waals surface area contributed by atoms with Crippen LogP contribution in [0.15, 0.2) is 48.8 Å². The van der Waals surface area contributed by atoms with Gasteiger partial charge in [-0.15, -0.1) is 5.10 Å². The van der Waals surface area contributed by atoms with Crippen molar-refractivity contribution in [2.24, 2.45) is 0 Å². The molecule has 1 heterocycles. The molecule has 3 rings (SSSR count). The van der Waals surface area contributed by atoms with Crippen LogP contribution >= 0.6 is 11.6 Å². The molecule has 0 aliphatic heterocycles. The van der Waals surface area contributed by atoms with E-state index in [0.29, 0.717) is 11.3 Å². The summed E-state index contributed by atoms with van der Waals surface area (Å²) in [6.07, 6.45) is 1.41. The number of aromatic nitrogens is 4. The molecule has 1 amide bonds. The van der Waals surface area contributed by atoms with Crippen molar-refractivity contribution in [2.75, 3.05) is 0 Å². The number of carbonyl (C=O) groups is 1.